The minimum Gasteiger partial charge on any atom is -0.495 e. The minimum atomic E-state index is 0.661. The van der Waals surface area contributed by atoms with E-state index in [-0.39, 0.29) is 0 Å². The van der Waals surface area contributed by atoms with Crippen molar-refractivity contribution >= 4 is 21.7 Å². The summed E-state index contributed by atoms with van der Waals surface area (Å²) in [6.45, 7) is 0. The van der Waals surface area contributed by atoms with Crippen LogP contribution in [0.4, 0.5) is 5.82 Å². The number of aromatic nitrogens is 2. The normalized spacial score (nSPS) is 14.6. The van der Waals surface area contributed by atoms with Crippen molar-refractivity contribution in [3.63, 3.8) is 0 Å². The number of nitrogen functional groups attached to an aromatic ring is 1. The van der Waals surface area contributed by atoms with E-state index in [2.05, 4.69) is 27.1 Å². The molecule has 0 aliphatic heterocycles. The van der Waals surface area contributed by atoms with Crippen LogP contribution in [0.25, 0.3) is 11.3 Å². The van der Waals surface area contributed by atoms with Gasteiger partial charge in [-0.25, -0.2) is 0 Å². The molecular weight excluding hydrogens is 330 g/mol. The van der Waals surface area contributed by atoms with E-state index in [0.29, 0.717) is 5.82 Å². The number of benzene rings is 1. The predicted octanol–water partition coefficient (Wildman–Crippen LogP) is 3.71. The van der Waals surface area contributed by atoms with Gasteiger partial charge in [0.1, 0.15) is 11.6 Å². The van der Waals surface area contributed by atoms with Crippen LogP contribution in [0.2, 0.25) is 0 Å². The molecule has 0 fully saturated rings. The van der Waals surface area contributed by atoms with Gasteiger partial charge in [-0.3, -0.25) is 4.68 Å². The van der Waals surface area contributed by atoms with Crippen molar-refractivity contribution in [2.45, 2.75) is 32.1 Å². The minimum absolute atomic E-state index is 0.661. The largest absolute Gasteiger partial charge is 0.495 e. The molecule has 1 aromatic heterocycles. The van der Waals surface area contributed by atoms with E-state index in [0.717, 1.165) is 34.3 Å². The quantitative estimate of drug-likeness (QED) is 0.840. The molecule has 112 valence electrons. The van der Waals surface area contributed by atoms with Crippen molar-refractivity contribution in [2.75, 3.05) is 12.8 Å². The first kappa shape index (κ1) is 14.4. The van der Waals surface area contributed by atoms with E-state index < -0.39 is 0 Å². The van der Waals surface area contributed by atoms with Gasteiger partial charge in [-0.05, 0) is 58.8 Å². The Morgan fingerprint density at radius 1 is 1.24 bits per heavy atom. The van der Waals surface area contributed by atoms with Gasteiger partial charge in [-0.15, -0.1) is 0 Å². The first-order chi connectivity index (χ1) is 10.1. The second-order valence-corrected chi connectivity index (χ2v) is 6.40. The van der Waals surface area contributed by atoms with Crippen LogP contribution in [-0.4, -0.2) is 16.9 Å². The second-order valence-electron chi connectivity index (χ2n) is 5.54. The highest BCUT2D eigenvalue weighted by Crippen LogP contribution is 2.42. The molecule has 5 heteroatoms. The number of anilines is 1. The summed E-state index contributed by atoms with van der Waals surface area (Å²) in [6.07, 6.45) is 5.93. The van der Waals surface area contributed by atoms with Gasteiger partial charge in [0.05, 0.1) is 17.3 Å². The van der Waals surface area contributed by atoms with Gasteiger partial charge in [0.15, 0.2) is 0 Å². The van der Waals surface area contributed by atoms with Crippen molar-refractivity contribution in [1.82, 2.24) is 9.78 Å². The van der Waals surface area contributed by atoms with Crippen molar-refractivity contribution in [3.05, 3.63) is 27.7 Å². The van der Waals surface area contributed by atoms with Crippen LogP contribution in [0.3, 0.4) is 0 Å². The molecule has 0 radical (unpaired) electrons. The fourth-order valence-corrected chi connectivity index (χ4v) is 3.74. The van der Waals surface area contributed by atoms with Crippen molar-refractivity contribution in [3.8, 4) is 17.0 Å². The monoisotopic (exact) mass is 349 g/mol. The van der Waals surface area contributed by atoms with Gasteiger partial charge < -0.3 is 10.5 Å². The van der Waals surface area contributed by atoms with E-state index in [9.17, 15) is 0 Å². The maximum Gasteiger partial charge on any atom is 0.142 e. The first-order valence-corrected chi connectivity index (χ1v) is 8.09. The van der Waals surface area contributed by atoms with Crippen LogP contribution in [0.5, 0.6) is 5.75 Å². The lowest BCUT2D eigenvalue weighted by Crippen LogP contribution is -2.01. The summed E-state index contributed by atoms with van der Waals surface area (Å²) in [7, 11) is 3.57. The lowest BCUT2D eigenvalue weighted by molar-refractivity contribution is 0.413. The summed E-state index contributed by atoms with van der Waals surface area (Å²) < 4.78 is 8.35. The molecule has 21 heavy (non-hydrogen) atoms. The summed E-state index contributed by atoms with van der Waals surface area (Å²) in [5.41, 5.74) is 10.7. The van der Waals surface area contributed by atoms with E-state index in [1.165, 1.54) is 30.4 Å². The van der Waals surface area contributed by atoms with Gasteiger partial charge in [0.2, 0.25) is 0 Å². The van der Waals surface area contributed by atoms with Crippen LogP contribution in [0.15, 0.2) is 16.6 Å². The van der Waals surface area contributed by atoms with Gasteiger partial charge in [-0.1, -0.05) is 6.42 Å². The third kappa shape index (κ3) is 2.55. The zero-order valence-corrected chi connectivity index (χ0v) is 14.0. The molecule has 2 aromatic rings. The Bertz CT molecular complexity index is 659. The standard InChI is InChI=1S/C16H20BrN3O/c1-20-14(18)9-13(19-20)15-11-7-5-3-4-6-10(11)8-12(17)16(15)21-2/h8-9H,3-7,18H2,1-2H3. The molecule has 0 saturated heterocycles. The van der Waals surface area contributed by atoms with Crippen molar-refractivity contribution in [2.24, 2.45) is 7.05 Å². The zero-order valence-electron chi connectivity index (χ0n) is 12.4. The summed E-state index contributed by atoms with van der Waals surface area (Å²) in [4.78, 5) is 0. The van der Waals surface area contributed by atoms with E-state index >= 15 is 0 Å². The smallest absolute Gasteiger partial charge is 0.142 e. The average Bonchev–Trinajstić information content (AvgIpc) is 2.65. The Labute approximate surface area is 133 Å². The Kier molecular flexibility index (Phi) is 3.93. The van der Waals surface area contributed by atoms with Crippen LogP contribution in [0, 0.1) is 0 Å². The second kappa shape index (κ2) is 5.72. The molecule has 3 rings (SSSR count). The topological polar surface area (TPSA) is 53.1 Å². The van der Waals surface area contributed by atoms with E-state index in [1.54, 1.807) is 11.8 Å². The fraction of sp³-hybridized carbons (Fsp3) is 0.438. The Balaban J connectivity index is 2.27. The molecule has 0 amide bonds. The van der Waals surface area contributed by atoms with Crippen molar-refractivity contribution in [1.29, 1.82) is 0 Å². The molecule has 0 unspecified atom stereocenters. The lowest BCUT2D eigenvalue weighted by atomic mass is 9.94. The number of rotatable bonds is 2. The predicted molar refractivity (Wildman–Crippen MR) is 88.6 cm³/mol. The molecule has 1 aromatic carbocycles. The number of aryl methyl sites for hydroxylation is 2. The maximum absolute atomic E-state index is 5.96. The molecule has 0 saturated carbocycles. The molecule has 1 heterocycles. The highest BCUT2D eigenvalue weighted by Gasteiger charge is 2.22. The lowest BCUT2D eigenvalue weighted by Gasteiger charge is -2.17. The third-order valence-electron chi connectivity index (χ3n) is 4.18. The van der Waals surface area contributed by atoms with E-state index in [1.807, 2.05) is 13.1 Å². The van der Waals surface area contributed by atoms with Crippen LogP contribution in [-0.2, 0) is 19.9 Å². The van der Waals surface area contributed by atoms with Crippen LogP contribution in [0.1, 0.15) is 30.4 Å². The number of nitrogens with zero attached hydrogens (tertiary/aromatic N) is 2. The maximum atomic E-state index is 5.96. The van der Waals surface area contributed by atoms with Crippen LogP contribution < -0.4 is 10.5 Å². The van der Waals surface area contributed by atoms with Gasteiger partial charge >= 0.3 is 0 Å². The molecule has 0 bridgehead atoms. The first-order valence-electron chi connectivity index (χ1n) is 7.30. The molecule has 4 nitrogen and oxygen atoms in total. The Morgan fingerprint density at radius 3 is 2.67 bits per heavy atom. The van der Waals surface area contributed by atoms with Gasteiger partial charge in [-0.2, -0.15) is 5.10 Å². The Morgan fingerprint density at radius 2 is 2.00 bits per heavy atom. The Hall–Kier alpha value is -1.49. The van der Waals surface area contributed by atoms with Crippen molar-refractivity contribution < 1.29 is 4.74 Å². The summed E-state index contributed by atoms with van der Waals surface area (Å²) in [6, 6.07) is 4.13. The van der Waals surface area contributed by atoms with E-state index in [4.69, 9.17) is 10.5 Å². The number of fused-ring (bicyclic) bond motifs is 1. The number of hydrogen-bond acceptors (Lipinski definition) is 3. The SMILES string of the molecule is COc1c(Br)cc2c(c1-c1cc(N)n(C)n1)CCCCC2. The molecule has 0 spiro atoms. The molecule has 1 aliphatic carbocycles. The summed E-state index contributed by atoms with van der Waals surface area (Å²) in [5.74, 6) is 1.52. The third-order valence-corrected chi connectivity index (χ3v) is 4.77. The van der Waals surface area contributed by atoms with Gasteiger partial charge in [0, 0.05) is 18.7 Å². The number of nitrogens with two attached hydrogens (primary N) is 1. The number of methoxy groups -OCH3 is 1. The number of ether oxygens (including phenoxy) is 1. The molecule has 0 atom stereocenters. The number of hydrogen-bond donors (Lipinski definition) is 1. The molecule has 2 N–H and O–H groups in total. The zero-order chi connectivity index (χ0) is 15.0. The number of halogens is 1. The highest BCUT2D eigenvalue weighted by atomic mass is 79.9. The summed E-state index contributed by atoms with van der Waals surface area (Å²) >= 11 is 3.64. The highest BCUT2D eigenvalue weighted by molar-refractivity contribution is 9.10. The summed E-state index contributed by atoms with van der Waals surface area (Å²) in [5, 5.41) is 4.56. The fourth-order valence-electron chi connectivity index (χ4n) is 3.10. The molecular formula is C16H20BrN3O. The van der Waals surface area contributed by atoms with Gasteiger partial charge in [0.25, 0.3) is 0 Å². The molecule has 1 aliphatic rings. The average molecular weight is 350 g/mol. The van der Waals surface area contributed by atoms with Crippen LogP contribution >= 0.6 is 15.9 Å².